The van der Waals surface area contributed by atoms with Gasteiger partial charge in [-0.3, -0.25) is 4.79 Å². The topological polar surface area (TPSA) is 84.1 Å². The van der Waals surface area contributed by atoms with Gasteiger partial charge in [0, 0.05) is 31.3 Å². The van der Waals surface area contributed by atoms with Gasteiger partial charge in [-0.25, -0.2) is 4.79 Å². The van der Waals surface area contributed by atoms with Gasteiger partial charge in [-0.05, 0) is 27.4 Å². The molecule has 0 amide bonds. The largest absolute Gasteiger partial charge is 0.477 e. The maximum absolute atomic E-state index is 12.3. The Kier molecular flexibility index (Phi) is 5.84. The van der Waals surface area contributed by atoms with E-state index in [9.17, 15) is 9.59 Å². The lowest BCUT2D eigenvalue weighted by molar-refractivity contribution is 0.0694. The van der Waals surface area contributed by atoms with Crippen molar-refractivity contribution in [2.45, 2.75) is 31.3 Å². The van der Waals surface area contributed by atoms with Crippen LogP contribution in [0.2, 0.25) is 0 Å². The molecule has 2 rings (SSSR count). The molecule has 1 aromatic heterocycles. The highest BCUT2D eigenvalue weighted by atomic mass is 32.2. The van der Waals surface area contributed by atoms with Crippen molar-refractivity contribution < 1.29 is 14.7 Å². The van der Waals surface area contributed by atoms with Gasteiger partial charge in [-0.1, -0.05) is 16.9 Å². The number of rotatable bonds is 7. The van der Waals surface area contributed by atoms with Crippen LogP contribution in [0.4, 0.5) is 0 Å². The summed E-state index contributed by atoms with van der Waals surface area (Å²) in [6, 6.07) is 0. The van der Waals surface area contributed by atoms with Gasteiger partial charge in [0.15, 0.2) is 0 Å². The SMILES string of the molecule is CCn1cc(C(=O)O)c(=O)c2c1SC(=NOCCCN(C)C)C2. The molecule has 126 valence electrons. The van der Waals surface area contributed by atoms with Crippen molar-refractivity contribution in [3.8, 4) is 0 Å². The van der Waals surface area contributed by atoms with E-state index in [1.165, 1.54) is 18.0 Å². The maximum atomic E-state index is 12.3. The number of carbonyl (C=O) groups is 1. The molecule has 23 heavy (non-hydrogen) atoms. The minimum atomic E-state index is -1.20. The molecule has 0 bridgehead atoms. The minimum absolute atomic E-state index is 0.195. The van der Waals surface area contributed by atoms with Gasteiger partial charge in [-0.2, -0.15) is 0 Å². The summed E-state index contributed by atoms with van der Waals surface area (Å²) in [5.41, 5.74) is -0.130. The summed E-state index contributed by atoms with van der Waals surface area (Å²) >= 11 is 1.37. The number of oxime groups is 1. The molecule has 0 saturated carbocycles. The van der Waals surface area contributed by atoms with E-state index in [-0.39, 0.29) is 5.56 Å². The number of aromatic carboxylic acids is 1. The third-order valence-electron chi connectivity index (χ3n) is 3.44. The van der Waals surface area contributed by atoms with E-state index in [1.807, 2.05) is 21.0 Å². The Bertz CT molecular complexity index is 682. The second-order valence-electron chi connectivity index (χ2n) is 5.50. The van der Waals surface area contributed by atoms with Crippen LogP contribution >= 0.6 is 11.8 Å². The fraction of sp³-hybridized carbons (Fsp3) is 0.533. The molecule has 0 saturated heterocycles. The zero-order valence-corrected chi connectivity index (χ0v) is 14.4. The van der Waals surface area contributed by atoms with Gasteiger partial charge in [0.1, 0.15) is 17.2 Å². The molecule has 0 aromatic carbocycles. The van der Waals surface area contributed by atoms with Crippen LogP contribution in [0.5, 0.6) is 0 Å². The summed E-state index contributed by atoms with van der Waals surface area (Å²) in [5.74, 6) is -1.20. The normalized spacial score (nSPS) is 15.2. The number of fused-ring (bicyclic) bond motifs is 1. The standard InChI is InChI=1S/C15H21N3O4S/c1-4-18-9-11(15(20)21)13(19)10-8-12(23-14(10)18)16-22-7-5-6-17(2)3/h9H,4-8H2,1-3H3,(H,20,21). The lowest BCUT2D eigenvalue weighted by Gasteiger charge is -2.10. The van der Waals surface area contributed by atoms with Crippen molar-refractivity contribution in [3.05, 3.63) is 27.5 Å². The van der Waals surface area contributed by atoms with Crippen LogP contribution < -0.4 is 5.43 Å². The molecule has 0 fully saturated rings. The van der Waals surface area contributed by atoms with Crippen molar-refractivity contribution in [1.82, 2.24) is 9.47 Å². The van der Waals surface area contributed by atoms with E-state index in [0.29, 0.717) is 30.2 Å². The Morgan fingerprint density at radius 1 is 1.52 bits per heavy atom. The summed E-state index contributed by atoms with van der Waals surface area (Å²) in [5, 5.41) is 14.7. The highest BCUT2D eigenvalue weighted by Gasteiger charge is 2.27. The molecule has 0 unspecified atom stereocenters. The molecule has 1 N–H and O–H groups in total. The van der Waals surface area contributed by atoms with Crippen LogP contribution in [-0.4, -0.2) is 52.8 Å². The van der Waals surface area contributed by atoms with Crippen molar-refractivity contribution in [3.63, 3.8) is 0 Å². The number of aromatic nitrogens is 1. The van der Waals surface area contributed by atoms with Crippen molar-refractivity contribution in [2.24, 2.45) is 5.16 Å². The average Bonchev–Trinajstić information content (AvgIpc) is 2.91. The van der Waals surface area contributed by atoms with Gasteiger partial charge in [0.2, 0.25) is 5.43 Å². The summed E-state index contributed by atoms with van der Waals surface area (Å²) in [6.45, 7) is 3.93. The Morgan fingerprint density at radius 3 is 2.87 bits per heavy atom. The number of aryl methyl sites for hydroxylation is 1. The molecule has 1 aliphatic heterocycles. The van der Waals surface area contributed by atoms with E-state index in [2.05, 4.69) is 10.1 Å². The van der Waals surface area contributed by atoms with E-state index in [1.54, 1.807) is 4.57 Å². The lowest BCUT2D eigenvalue weighted by Crippen LogP contribution is -2.22. The molecule has 0 spiro atoms. The van der Waals surface area contributed by atoms with Crippen LogP contribution in [0.1, 0.15) is 29.3 Å². The highest BCUT2D eigenvalue weighted by Crippen LogP contribution is 2.32. The summed E-state index contributed by atoms with van der Waals surface area (Å²) in [7, 11) is 3.99. The first-order valence-electron chi connectivity index (χ1n) is 7.45. The fourth-order valence-electron chi connectivity index (χ4n) is 2.28. The molecular formula is C15H21N3O4S. The Morgan fingerprint density at radius 2 is 2.26 bits per heavy atom. The predicted octanol–water partition coefficient (Wildman–Crippen LogP) is 1.50. The third kappa shape index (κ3) is 4.14. The first-order chi connectivity index (χ1) is 10.9. The lowest BCUT2D eigenvalue weighted by atomic mass is 10.1. The molecule has 0 atom stereocenters. The summed E-state index contributed by atoms with van der Waals surface area (Å²) < 4.78 is 1.78. The summed E-state index contributed by atoms with van der Waals surface area (Å²) in [4.78, 5) is 30.8. The molecule has 1 aliphatic rings. The zero-order valence-electron chi connectivity index (χ0n) is 13.5. The van der Waals surface area contributed by atoms with Crippen LogP contribution in [-0.2, 0) is 17.8 Å². The van der Waals surface area contributed by atoms with Gasteiger partial charge in [-0.15, -0.1) is 0 Å². The molecular weight excluding hydrogens is 318 g/mol. The van der Waals surface area contributed by atoms with E-state index in [0.717, 1.165) is 18.0 Å². The quantitative estimate of drug-likeness (QED) is 0.599. The second kappa shape index (κ2) is 7.65. The second-order valence-corrected chi connectivity index (χ2v) is 6.56. The monoisotopic (exact) mass is 339 g/mol. The van der Waals surface area contributed by atoms with Gasteiger partial charge in [0.25, 0.3) is 0 Å². The van der Waals surface area contributed by atoms with Crippen LogP contribution in [0.15, 0.2) is 21.2 Å². The smallest absolute Gasteiger partial charge is 0.341 e. The minimum Gasteiger partial charge on any atom is -0.477 e. The fourth-order valence-corrected chi connectivity index (χ4v) is 3.40. The predicted molar refractivity (Wildman–Crippen MR) is 89.5 cm³/mol. The van der Waals surface area contributed by atoms with Gasteiger partial charge in [0.05, 0.1) is 5.03 Å². The zero-order chi connectivity index (χ0) is 17.0. The number of carboxylic acid groups (broad SMARTS) is 1. The molecule has 1 aromatic rings. The number of thioether (sulfide) groups is 1. The van der Waals surface area contributed by atoms with Crippen molar-refractivity contribution in [2.75, 3.05) is 27.2 Å². The molecule has 0 aliphatic carbocycles. The molecule has 2 heterocycles. The number of nitrogens with zero attached hydrogens (tertiary/aromatic N) is 3. The van der Waals surface area contributed by atoms with Gasteiger partial charge >= 0.3 is 5.97 Å². The van der Waals surface area contributed by atoms with Gasteiger partial charge < -0.3 is 19.4 Å². The highest BCUT2D eigenvalue weighted by molar-refractivity contribution is 8.14. The van der Waals surface area contributed by atoms with E-state index < -0.39 is 11.4 Å². The van der Waals surface area contributed by atoms with Crippen molar-refractivity contribution in [1.29, 1.82) is 0 Å². The molecule has 8 heteroatoms. The van der Waals surface area contributed by atoms with E-state index in [4.69, 9.17) is 9.94 Å². The number of hydrogen-bond donors (Lipinski definition) is 1. The number of carboxylic acids is 1. The average molecular weight is 339 g/mol. The third-order valence-corrected chi connectivity index (χ3v) is 4.57. The van der Waals surface area contributed by atoms with Crippen LogP contribution in [0.3, 0.4) is 0 Å². The Balaban J connectivity index is 2.12. The number of pyridine rings is 1. The number of hydrogen-bond acceptors (Lipinski definition) is 6. The van der Waals surface area contributed by atoms with Crippen molar-refractivity contribution >= 4 is 22.8 Å². The first-order valence-corrected chi connectivity index (χ1v) is 8.26. The maximum Gasteiger partial charge on any atom is 0.341 e. The van der Waals surface area contributed by atoms with Crippen LogP contribution in [0, 0.1) is 0 Å². The molecule has 0 radical (unpaired) electrons. The Hall–Kier alpha value is -1.80. The Labute approximate surface area is 138 Å². The van der Waals surface area contributed by atoms with E-state index >= 15 is 0 Å². The summed E-state index contributed by atoms with van der Waals surface area (Å²) in [6.07, 6.45) is 2.59. The first kappa shape index (κ1) is 17.6. The van der Waals surface area contributed by atoms with Crippen LogP contribution in [0.25, 0.3) is 0 Å². The molecule has 7 nitrogen and oxygen atoms in total.